The van der Waals surface area contributed by atoms with Crippen LogP contribution in [0.2, 0.25) is 0 Å². The normalized spacial score (nSPS) is 18.2. The third-order valence-corrected chi connectivity index (χ3v) is 5.34. The van der Waals surface area contributed by atoms with Gasteiger partial charge in [0.05, 0.1) is 12.1 Å². The molecule has 2 amide bonds. The van der Waals surface area contributed by atoms with E-state index in [1.807, 2.05) is 39.2 Å². The van der Waals surface area contributed by atoms with Gasteiger partial charge in [0.1, 0.15) is 0 Å². The molecule has 5 nitrogen and oxygen atoms in total. The standard InChI is InChI=1S/C21H33N3O2/c1-5-9-19(17-10-7-6-8-11-17)22-20(25)16(2)24-14-12-18(13-15-24)21(26)23(3)4/h6-8,10-11,16,18-19H,5,9,12-15H2,1-4H3,(H,22,25). The van der Waals surface area contributed by atoms with E-state index in [2.05, 4.69) is 29.3 Å². The smallest absolute Gasteiger partial charge is 0.237 e. The minimum atomic E-state index is -0.173. The Morgan fingerprint density at radius 3 is 2.35 bits per heavy atom. The SMILES string of the molecule is CCCC(NC(=O)C(C)N1CCC(C(=O)N(C)C)CC1)c1ccccc1. The van der Waals surface area contributed by atoms with Crippen molar-refractivity contribution >= 4 is 11.8 Å². The summed E-state index contributed by atoms with van der Waals surface area (Å²) in [4.78, 5) is 28.8. The highest BCUT2D eigenvalue weighted by Gasteiger charge is 2.31. The van der Waals surface area contributed by atoms with Crippen LogP contribution in [0.15, 0.2) is 30.3 Å². The van der Waals surface area contributed by atoms with Crippen LogP contribution in [-0.4, -0.2) is 54.8 Å². The highest BCUT2D eigenvalue weighted by molar-refractivity contribution is 5.82. The molecule has 26 heavy (non-hydrogen) atoms. The fourth-order valence-corrected chi connectivity index (χ4v) is 3.65. The van der Waals surface area contributed by atoms with E-state index in [1.165, 1.54) is 0 Å². The second kappa shape index (κ2) is 9.72. The van der Waals surface area contributed by atoms with Crippen molar-refractivity contribution in [2.45, 2.75) is 51.6 Å². The Kier molecular flexibility index (Phi) is 7.64. The van der Waals surface area contributed by atoms with Gasteiger partial charge in [0, 0.05) is 20.0 Å². The molecule has 0 aromatic heterocycles. The van der Waals surface area contributed by atoms with E-state index in [0.717, 1.165) is 44.3 Å². The topological polar surface area (TPSA) is 52.7 Å². The molecule has 2 rings (SSSR count). The van der Waals surface area contributed by atoms with E-state index in [9.17, 15) is 9.59 Å². The molecule has 2 atom stereocenters. The number of nitrogens with one attached hydrogen (secondary N) is 1. The van der Waals surface area contributed by atoms with Gasteiger partial charge in [-0.25, -0.2) is 0 Å². The molecular weight excluding hydrogens is 326 g/mol. The summed E-state index contributed by atoms with van der Waals surface area (Å²) in [5, 5.41) is 3.23. The Bertz CT molecular complexity index is 580. The molecule has 1 aliphatic rings. The Balaban J connectivity index is 1.91. The van der Waals surface area contributed by atoms with Crippen molar-refractivity contribution in [3.05, 3.63) is 35.9 Å². The van der Waals surface area contributed by atoms with Gasteiger partial charge in [-0.15, -0.1) is 0 Å². The maximum absolute atomic E-state index is 12.8. The van der Waals surface area contributed by atoms with Crippen molar-refractivity contribution in [2.75, 3.05) is 27.2 Å². The summed E-state index contributed by atoms with van der Waals surface area (Å²) in [6.45, 7) is 5.70. The number of carbonyl (C=O) groups is 2. The summed E-state index contributed by atoms with van der Waals surface area (Å²) in [6.07, 6.45) is 3.60. The van der Waals surface area contributed by atoms with Gasteiger partial charge in [-0.05, 0) is 44.8 Å². The van der Waals surface area contributed by atoms with Crippen LogP contribution < -0.4 is 5.32 Å². The third-order valence-electron chi connectivity index (χ3n) is 5.34. The number of hydrogen-bond acceptors (Lipinski definition) is 3. The molecular formula is C21H33N3O2. The van der Waals surface area contributed by atoms with E-state index in [1.54, 1.807) is 4.90 Å². The first kappa shape index (κ1) is 20.4. The molecule has 0 saturated carbocycles. The molecule has 0 spiro atoms. The fraction of sp³-hybridized carbons (Fsp3) is 0.619. The van der Waals surface area contributed by atoms with E-state index < -0.39 is 0 Å². The van der Waals surface area contributed by atoms with Crippen molar-refractivity contribution in [1.29, 1.82) is 0 Å². The van der Waals surface area contributed by atoms with Crippen LogP contribution in [0.1, 0.15) is 51.1 Å². The Morgan fingerprint density at radius 1 is 1.19 bits per heavy atom. The number of likely N-dealkylation sites (tertiary alicyclic amines) is 1. The second-order valence-corrected chi connectivity index (χ2v) is 7.48. The van der Waals surface area contributed by atoms with Crippen LogP contribution >= 0.6 is 0 Å². The number of benzene rings is 1. The molecule has 2 unspecified atom stereocenters. The zero-order valence-corrected chi connectivity index (χ0v) is 16.6. The van der Waals surface area contributed by atoms with Crippen LogP contribution in [-0.2, 0) is 9.59 Å². The Hall–Kier alpha value is -1.88. The minimum Gasteiger partial charge on any atom is -0.349 e. The number of amides is 2. The maximum atomic E-state index is 12.8. The minimum absolute atomic E-state index is 0.0593. The lowest BCUT2D eigenvalue weighted by atomic mass is 9.94. The lowest BCUT2D eigenvalue weighted by molar-refractivity contribution is -0.135. The van der Waals surface area contributed by atoms with Gasteiger partial charge in [-0.3, -0.25) is 14.5 Å². The number of nitrogens with zero attached hydrogens (tertiary/aromatic N) is 2. The quantitative estimate of drug-likeness (QED) is 0.814. The number of hydrogen-bond donors (Lipinski definition) is 1. The average molecular weight is 360 g/mol. The first-order valence-corrected chi connectivity index (χ1v) is 9.74. The lowest BCUT2D eigenvalue weighted by Crippen LogP contribution is -2.50. The van der Waals surface area contributed by atoms with Gasteiger partial charge < -0.3 is 10.2 Å². The molecule has 1 aromatic carbocycles. The van der Waals surface area contributed by atoms with Crippen molar-refractivity contribution in [2.24, 2.45) is 5.92 Å². The van der Waals surface area contributed by atoms with E-state index in [0.29, 0.717) is 0 Å². The number of carbonyl (C=O) groups excluding carboxylic acids is 2. The first-order valence-electron chi connectivity index (χ1n) is 9.74. The highest BCUT2D eigenvalue weighted by Crippen LogP contribution is 2.22. The summed E-state index contributed by atoms with van der Waals surface area (Å²) in [5.41, 5.74) is 1.16. The zero-order chi connectivity index (χ0) is 19.1. The van der Waals surface area contributed by atoms with Gasteiger partial charge in [0.15, 0.2) is 0 Å². The summed E-state index contributed by atoms with van der Waals surface area (Å²) in [7, 11) is 3.62. The molecule has 0 aliphatic carbocycles. The molecule has 0 radical (unpaired) electrons. The van der Waals surface area contributed by atoms with Gasteiger partial charge in [-0.2, -0.15) is 0 Å². The van der Waals surface area contributed by atoms with E-state index in [4.69, 9.17) is 0 Å². The van der Waals surface area contributed by atoms with Crippen molar-refractivity contribution in [1.82, 2.24) is 15.1 Å². The van der Waals surface area contributed by atoms with Crippen molar-refractivity contribution in [3.8, 4) is 0 Å². The Morgan fingerprint density at radius 2 is 1.81 bits per heavy atom. The molecule has 0 bridgehead atoms. The first-order chi connectivity index (χ1) is 12.4. The Labute approximate surface area is 157 Å². The molecule has 1 fully saturated rings. The monoisotopic (exact) mass is 359 g/mol. The summed E-state index contributed by atoms with van der Waals surface area (Å²) in [6, 6.07) is 10.1. The highest BCUT2D eigenvalue weighted by atomic mass is 16.2. The fourth-order valence-electron chi connectivity index (χ4n) is 3.65. The zero-order valence-electron chi connectivity index (χ0n) is 16.6. The summed E-state index contributed by atoms with van der Waals surface area (Å²) >= 11 is 0. The van der Waals surface area contributed by atoms with E-state index >= 15 is 0 Å². The van der Waals surface area contributed by atoms with Gasteiger partial charge >= 0.3 is 0 Å². The molecule has 144 valence electrons. The second-order valence-electron chi connectivity index (χ2n) is 7.48. The van der Waals surface area contributed by atoms with Gasteiger partial charge in [0.2, 0.25) is 11.8 Å². The molecule has 1 aliphatic heterocycles. The van der Waals surface area contributed by atoms with Gasteiger partial charge in [0.25, 0.3) is 0 Å². The molecule has 1 aromatic rings. The predicted molar refractivity (Wildman–Crippen MR) is 105 cm³/mol. The van der Waals surface area contributed by atoms with Crippen molar-refractivity contribution in [3.63, 3.8) is 0 Å². The van der Waals surface area contributed by atoms with E-state index in [-0.39, 0.29) is 29.8 Å². The summed E-state index contributed by atoms with van der Waals surface area (Å²) < 4.78 is 0. The third kappa shape index (κ3) is 5.31. The van der Waals surface area contributed by atoms with Crippen LogP contribution in [0.5, 0.6) is 0 Å². The number of piperidine rings is 1. The summed E-state index contributed by atoms with van der Waals surface area (Å²) in [5.74, 6) is 0.368. The van der Waals surface area contributed by atoms with Crippen molar-refractivity contribution < 1.29 is 9.59 Å². The predicted octanol–water partition coefficient (Wildman–Crippen LogP) is 2.83. The lowest BCUT2D eigenvalue weighted by Gasteiger charge is -2.36. The molecule has 1 saturated heterocycles. The van der Waals surface area contributed by atoms with Crippen LogP contribution in [0.4, 0.5) is 0 Å². The van der Waals surface area contributed by atoms with Crippen LogP contribution in [0, 0.1) is 5.92 Å². The largest absolute Gasteiger partial charge is 0.349 e. The van der Waals surface area contributed by atoms with Crippen LogP contribution in [0.3, 0.4) is 0 Å². The maximum Gasteiger partial charge on any atom is 0.237 e. The van der Waals surface area contributed by atoms with Crippen LogP contribution in [0.25, 0.3) is 0 Å². The molecule has 5 heteroatoms. The number of rotatable bonds is 7. The van der Waals surface area contributed by atoms with Gasteiger partial charge in [-0.1, -0.05) is 43.7 Å². The molecule has 1 N–H and O–H groups in total. The average Bonchev–Trinajstić information content (AvgIpc) is 2.67. The molecule has 1 heterocycles.